The molecule has 88 valence electrons. The molecule has 0 saturated carbocycles. The maximum absolute atomic E-state index is 10.7. The van der Waals surface area contributed by atoms with Crippen LogP contribution < -0.4 is 5.73 Å². The Kier molecular flexibility index (Phi) is 4.59. The molecular weight excluding hydrogens is 249 g/mol. The fourth-order valence-electron chi connectivity index (χ4n) is 1.36. The highest BCUT2D eigenvalue weighted by molar-refractivity contribution is 6.42. The first-order valence-corrected chi connectivity index (χ1v) is 5.60. The van der Waals surface area contributed by atoms with Gasteiger partial charge in [0.15, 0.2) is 0 Å². The minimum atomic E-state index is -0.851. The molecule has 0 saturated heterocycles. The Balaban J connectivity index is 2.76. The van der Waals surface area contributed by atoms with Crippen LogP contribution in [0.1, 0.15) is 24.9 Å². The summed E-state index contributed by atoms with van der Waals surface area (Å²) in [7, 11) is 0. The van der Waals surface area contributed by atoms with Gasteiger partial charge in [0.05, 0.1) is 16.0 Å². The van der Waals surface area contributed by atoms with Gasteiger partial charge in [-0.2, -0.15) is 0 Å². The number of hydrogen-bond donors (Lipinski definition) is 2. The molecule has 0 fully saturated rings. The van der Waals surface area contributed by atoms with Crippen molar-refractivity contribution in [3.05, 3.63) is 33.8 Å². The number of hydrogen-bond acceptors (Lipinski definition) is 2. The molecule has 0 aliphatic rings. The lowest BCUT2D eigenvalue weighted by molar-refractivity contribution is -0.141. The maximum Gasteiger partial charge on any atom is 0.306 e. The molecular formula is C11H13Cl2NO2. The minimum Gasteiger partial charge on any atom is -0.481 e. The van der Waals surface area contributed by atoms with Gasteiger partial charge >= 0.3 is 5.97 Å². The van der Waals surface area contributed by atoms with Gasteiger partial charge in [0, 0.05) is 6.04 Å². The fourth-order valence-corrected chi connectivity index (χ4v) is 1.67. The van der Waals surface area contributed by atoms with Crippen LogP contribution in [0.4, 0.5) is 0 Å². The van der Waals surface area contributed by atoms with E-state index in [9.17, 15) is 4.79 Å². The van der Waals surface area contributed by atoms with E-state index in [-0.39, 0.29) is 6.04 Å². The lowest BCUT2D eigenvalue weighted by atomic mass is 9.97. The Morgan fingerprint density at radius 3 is 2.56 bits per heavy atom. The number of halogens is 2. The summed E-state index contributed by atoms with van der Waals surface area (Å²) < 4.78 is 0. The second-order valence-corrected chi connectivity index (χ2v) is 4.57. The standard InChI is InChI=1S/C11H13Cl2NO2/c1-6(11(15)16)4-10(14)7-2-3-8(12)9(13)5-7/h2-3,5-6,10H,4,14H2,1H3,(H,15,16). The zero-order valence-corrected chi connectivity index (χ0v) is 10.3. The third-order valence-electron chi connectivity index (χ3n) is 2.40. The van der Waals surface area contributed by atoms with E-state index in [1.807, 2.05) is 0 Å². The van der Waals surface area contributed by atoms with Gasteiger partial charge < -0.3 is 10.8 Å². The average Bonchev–Trinajstić information content (AvgIpc) is 2.21. The molecule has 0 radical (unpaired) electrons. The van der Waals surface area contributed by atoms with Crippen molar-refractivity contribution in [2.45, 2.75) is 19.4 Å². The molecule has 1 aromatic rings. The predicted molar refractivity (Wildman–Crippen MR) is 64.8 cm³/mol. The van der Waals surface area contributed by atoms with E-state index in [1.165, 1.54) is 0 Å². The molecule has 5 heteroatoms. The topological polar surface area (TPSA) is 63.3 Å². The number of nitrogens with two attached hydrogens (primary N) is 1. The van der Waals surface area contributed by atoms with Crippen molar-refractivity contribution < 1.29 is 9.90 Å². The SMILES string of the molecule is CC(CC(N)c1ccc(Cl)c(Cl)c1)C(=O)O. The molecule has 0 aromatic heterocycles. The van der Waals surface area contributed by atoms with Gasteiger partial charge in [-0.25, -0.2) is 0 Å². The molecule has 0 heterocycles. The van der Waals surface area contributed by atoms with Crippen LogP contribution in [0.15, 0.2) is 18.2 Å². The average molecular weight is 262 g/mol. The van der Waals surface area contributed by atoms with E-state index in [2.05, 4.69) is 0 Å². The van der Waals surface area contributed by atoms with Crippen LogP contribution in [0.3, 0.4) is 0 Å². The third kappa shape index (κ3) is 3.37. The molecule has 1 rings (SSSR count). The third-order valence-corrected chi connectivity index (χ3v) is 3.14. The lowest BCUT2D eigenvalue weighted by Crippen LogP contribution is -2.19. The van der Waals surface area contributed by atoms with Gasteiger partial charge in [0.2, 0.25) is 0 Å². The van der Waals surface area contributed by atoms with Crippen LogP contribution in [-0.4, -0.2) is 11.1 Å². The molecule has 0 aliphatic carbocycles. The first-order chi connectivity index (χ1) is 7.41. The van der Waals surface area contributed by atoms with Crippen LogP contribution in [0.5, 0.6) is 0 Å². The van der Waals surface area contributed by atoms with Gasteiger partial charge in [-0.1, -0.05) is 36.2 Å². The molecule has 0 aliphatic heterocycles. The van der Waals surface area contributed by atoms with Gasteiger partial charge in [-0.15, -0.1) is 0 Å². The van der Waals surface area contributed by atoms with Crippen LogP contribution >= 0.6 is 23.2 Å². The van der Waals surface area contributed by atoms with Gasteiger partial charge in [0.25, 0.3) is 0 Å². The van der Waals surface area contributed by atoms with E-state index in [4.69, 9.17) is 34.0 Å². The van der Waals surface area contributed by atoms with E-state index in [1.54, 1.807) is 25.1 Å². The zero-order chi connectivity index (χ0) is 12.3. The monoisotopic (exact) mass is 261 g/mol. The zero-order valence-electron chi connectivity index (χ0n) is 8.78. The molecule has 16 heavy (non-hydrogen) atoms. The van der Waals surface area contributed by atoms with Crippen LogP contribution in [0, 0.1) is 5.92 Å². The first kappa shape index (κ1) is 13.3. The van der Waals surface area contributed by atoms with Crippen LogP contribution in [0.2, 0.25) is 10.0 Å². The summed E-state index contributed by atoms with van der Waals surface area (Å²) in [5, 5.41) is 9.66. The molecule has 0 amide bonds. The smallest absolute Gasteiger partial charge is 0.306 e. The summed E-state index contributed by atoms with van der Waals surface area (Å²) in [4.78, 5) is 10.7. The molecule has 0 spiro atoms. The van der Waals surface area contributed by atoms with Crippen molar-refractivity contribution in [1.29, 1.82) is 0 Å². The molecule has 1 aromatic carbocycles. The quantitative estimate of drug-likeness (QED) is 0.876. The highest BCUT2D eigenvalue weighted by Gasteiger charge is 2.17. The number of carboxylic acid groups (broad SMARTS) is 1. The summed E-state index contributed by atoms with van der Waals surface area (Å²) in [6.45, 7) is 1.62. The maximum atomic E-state index is 10.7. The Morgan fingerprint density at radius 2 is 2.06 bits per heavy atom. The van der Waals surface area contributed by atoms with E-state index in [0.717, 1.165) is 5.56 Å². The molecule has 2 atom stereocenters. The second kappa shape index (κ2) is 5.53. The fraction of sp³-hybridized carbons (Fsp3) is 0.364. The molecule has 2 unspecified atom stereocenters. The summed E-state index contributed by atoms with van der Waals surface area (Å²) >= 11 is 11.6. The largest absolute Gasteiger partial charge is 0.481 e. The second-order valence-electron chi connectivity index (χ2n) is 3.76. The molecule has 3 N–H and O–H groups in total. The molecule has 3 nitrogen and oxygen atoms in total. The van der Waals surface area contributed by atoms with Gasteiger partial charge in [-0.3, -0.25) is 4.79 Å². The summed E-state index contributed by atoms with van der Waals surface area (Å²) in [6, 6.07) is 4.74. The van der Waals surface area contributed by atoms with E-state index < -0.39 is 11.9 Å². The van der Waals surface area contributed by atoms with Crippen molar-refractivity contribution in [3.8, 4) is 0 Å². The summed E-state index contributed by atoms with van der Waals surface area (Å²) in [5.41, 5.74) is 6.68. The predicted octanol–water partition coefficient (Wildman–Crippen LogP) is 3.10. The highest BCUT2D eigenvalue weighted by Crippen LogP contribution is 2.27. The number of carbonyl (C=O) groups is 1. The number of aliphatic carboxylic acids is 1. The minimum absolute atomic E-state index is 0.346. The van der Waals surface area contributed by atoms with Crippen molar-refractivity contribution in [2.75, 3.05) is 0 Å². The summed E-state index contributed by atoms with van der Waals surface area (Å²) in [6.07, 6.45) is 0.368. The summed E-state index contributed by atoms with van der Waals surface area (Å²) in [5.74, 6) is -1.33. The van der Waals surface area contributed by atoms with Crippen molar-refractivity contribution in [3.63, 3.8) is 0 Å². The Morgan fingerprint density at radius 1 is 1.44 bits per heavy atom. The first-order valence-electron chi connectivity index (χ1n) is 4.85. The number of benzene rings is 1. The van der Waals surface area contributed by atoms with Crippen molar-refractivity contribution in [2.24, 2.45) is 11.7 Å². The normalized spacial score (nSPS) is 14.5. The van der Waals surface area contributed by atoms with Gasteiger partial charge in [-0.05, 0) is 24.1 Å². The van der Waals surface area contributed by atoms with Crippen molar-refractivity contribution >= 4 is 29.2 Å². The van der Waals surface area contributed by atoms with Gasteiger partial charge in [0.1, 0.15) is 0 Å². The highest BCUT2D eigenvalue weighted by atomic mass is 35.5. The Labute approximate surface area is 104 Å². The van der Waals surface area contributed by atoms with Crippen LogP contribution in [-0.2, 0) is 4.79 Å². The lowest BCUT2D eigenvalue weighted by Gasteiger charge is -2.15. The van der Waals surface area contributed by atoms with Crippen molar-refractivity contribution in [1.82, 2.24) is 0 Å². The van der Waals surface area contributed by atoms with E-state index in [0.29, 0.717) is 16.5 Å². The number of rotatable bonds is 4. The van der Waals surface area contributed by atoms with Crippen LogP contribution in [0.25, 0.3) is 0 Å². The number of carboxylic acids is 1. The Hall–Kier alpha value is -0.770. The van der Waals surface area contributed by atoms with E-state index >= 15 is 0 Å². The Bertz CT molecular complexity index is 396. The molecule has 0 bridgehead atoms.